The summed E-state index contributed by atoms with van der Waals surface area (Å²) in [4.78, 5) is 16.1. The highest BCUT2D eigenvalue weighted by atomic mass is 16.5. The molecule has 134 valence electrons. The van der Waals surface area contributed by atoms with Gasteiger partial charge in [0.05, 0.1) is 6.61 Å². The smallest absolute Gasteiger partial charge is 0.317 e. The number of urea groups is 1. The normalized spacial score (nSPS) is 17.8. The van der Waals surface area contributed by atoms with Crippen molar-refractivity contribution in [1.82, 2.24) is 15.1 Å². The number of hydrogen-bond donors (Lipinski definition) is 1. The fourth-order valence-electron chi connectivity index (χ4n) is 3.11. The van der Waals surface area contributed by atoms with E-state index in [1.807, 2.05) is 13.1 Å². The number of nitrogens with one attached hydrogen (secondary N) is 1. The number of likely N-dealkylation sites (tertiary alicyclic amines) is 1. The van der Waals surface area contributed by atoms with E-state index in [4.69, 9.17) is 4.74 Å². The molecule has 24 heavy (non-hydrogen) atoms. The van der Waals surface area contributed by atoms with Gasteiger partial charge in [0.1, 0.15) is 5.75 Å². The topological polar surface area (TPSA) is 44.8 Å². The van der Waals surface area contributed by atoms with E-state index in [-0.39, 0.29) is 6.03 Å². The summed E-state index contributed by atoms with van der Waals surface area (Å²) >= 11 is 0. The largest absolute Gasteiger partial charge is 0.493 e. The van der Waals surface area contributed by atoms with Crippen LogP contribution in [-0.2, 0) is 0 Å². The van der Waals surface area contributed by atoms with Gasteiger partial charge in [0.25, 0.3) is 0 Å². The summed E-state index contributed by atoms with van der Waals surface area (Å²) in [5.41, 5.74) is 2.40. The van der Waals surface area contributed by atoms with Crippen molar-refractivity contribution < 1.29 is 9.53 Å². The Morgan fingerprint density at radius 2 is 2.21 bits per heavy atom. The van der Waals surface area contributed by atoms with E-state index < -0.39 is 0 Å². The Morgan fingerprint density at radius 1 is 1.42 bits per heavy atom. The molecule has 5 nitrogen and oxygen atoms in total. The predicted molar refractivity (Wildman–Crippen MR) is 97.7 cm³/mol. The minimum Gasteiger partial charge on any atom is -0.493 e. The minimum atomic E-state index is 0.0102. The van der Waals surface area contributed by atoms with E-state index in [2.05, 4.69) is 43.2 Å². The van der Waals surface area contributed by atoms with Crippen LogP contribution in [0.1, 0.15) is 24.0 Å². The van der Waals surface area contributed by atoms with Crippen LogP contribution in [0.25, 0.3) is 0 Å². The van der Waals surface area contributed by atoms with Gasteiger partial charge < -0.3 is 19.9 Å². The summed E-state index contributed by atoms with van der Waals surface area (Å²) in [5.74, 6) is 1.51. The molecular formula is C19H31N3O2. The van der Waals surface area contributed by atoms with Crippen molar-refractivity contribution in [2.45, 2.75) is 26.7 Å². The van der Waals surface area contributed by atoms with Gasteiger partial charge in [-0.1, -0.05) is 17.7 Å². The zero-order valence-corrected chi connectivity index (χ0v) is 15.5. The van der Waals surface area contributed by atoms with Gasteiger partial charge in [0.15, 0.2) is 0 Å². The second-order valence-corrected chi connectivity index (χ2v) is 7.00. The molecule has 0 radical (unpaired) electrons. The van der Waals surface area contributed by atoms with Gasteiger partial charge in [0, 0.05) is 26.7 Å². The Labute approximate surface area is 146 Å². The molecule has 1 aliphatic rings. The van der Waals surface area contributed by atoms with Crippen LogP contribution in [0.4, 0.5) is 4.79 Å². The lowest BCUT2D eigenvalue weighted by atomic mass is 10.1. The van der Waals surface area contributed by atoms with Crippen molar-refractivity contribution in [3.8, 4) is 5.75 Å². The van der Waals surface area contributed by atoms with Gasteiger partial charge >= 0.3 is 6.03 Å². The van der Waals surface area contributed by atoms with Gasteiger partial charge in [-0.3, -0.25) is 0 Å². The summed E-state index contributed by atoms with van der Waals surface area (Å²) in [6, 6.07) is 6.20. The molecule has 1 fully saturated rings. The lowest BCUT2D eigenvalue weighted by Crippen LogP contribution is -2.40. The zero-order chi connectivity index (χ0) is 17.5. The van der Waals surface area contributed by atoms with Gasteiger partial charge in [-0.2, -0.15) is 0 Å². The molecule has 0 spiro atoms. The van der Waals surface area contributed by atoms with Crippen LogP contribution in [0.15, 0.2) is 18.2 Å². The number of benzene rings is 1. The van der Waals surface area contributed by atoms with Crippen LogP contribution < -0.4 is 10.1 Å². The highest BCUT2D eigenvalue weighted by Crippen LogP contribution is 2.18. The molecule has 2 amide bonds. The highest BCUT2D eigenvalue weighted by Gasteiger charge is 2.20. The van der Waals surface area contributed by atoms with Crippen LogP contribution in [0, 0.1) is 19.8 Å². The fraction of sp³-hybridized carbons (Fsp3) is 0.632. The van der Waals surface area contributed by atoms with Crippen LogP contribution >= 0.6 is 0 Å². The molecule has 0 saturated carbocycles. The summed E-state index contributed by atoms with van der Waals surface area (Å²) in [5, 5.41) is 3.04. The van der Waals surface area contributed by atoms with Crippen LogP contribution in [0.2, 0.25) is 0 Å². The van der Waals surface area contributed by atoms with Crippen molar-refractivity contribution in [2.24, 2.45) is 5.92 Å². The predicted octanol–water partition coefficient (Wildman–Crippen LogP) is 2.67. The summed E-state index contributed by atoms with van der Waals surface area (Å²) < 4.78 is 5.81. The first kappa shape index (κ1) is 18.6. The molecule has 1 aliphatic heterocycles. The third kappa shape index (κ3) is 5.71. The first-order valence-electron chi connectivity index (χ1n) is 8.83. The SMILES string of the molecule is Cc1ccc(OCCCN(C)C(=O)NC[C@H]2CCN(C)C2)c(C)c1. The third-order valence-electron chi connectivity index (χ3n) is 4.60. The average Bonchev–Trinajstić information content (AvgIpc) is 2.96. The number of aryl methyl sites for hydroxylation is 2. The van der Waals surface area contributed by atoms with Crippen molar-refractivity contribution >= 4 is 6.03 Å². The van der Waals surface area contributed by atoms with E-state index >= 15 is 0 Å². The van der Waals surface area contributed by atoms with Gasteiger partial charge in [-0.15, -0.1) is 0 Å². The van der Waals surface area contributed by atoms with Crippen LogP contribution in [-0.4, -0.2) is 62.7 Å². The maximum Gasteiger partial charge on any atom is 0.317 e. The molecule has 1 saturated heterocycles. The Bertz CT molecular complexity index is 547. The Morgan fingerprint density at radius 3 is 2.88 bits per heavy atom. The summed E-state index contributed by atoms with van der Waals surface area (Å²) in [6.45, 7) is 8.43. The molecule has 5 heteroatoms. The van der Waals surface area contributed by atoms with E-state index in [0.29, 0.717) is 19.1 Å². The molecule has 1 heterocycles. The molecule has 2 rings (SSSR count). The molecule has 0 unspecified atom stereocenters. The number of hydrogen-bond acceptors (Lipinski definition) is 3. The van der Waals surface area contributed by atoms with Crippen molar-refractivity contribution in [1.29, 1.82) is 0 Å². The molecule has 0 bridgehead atoms. The molecule has 0 aliphatic carbocycles. The maximum absolute atomic E-state index is 12.1. The number of carbonyl (C=O) groups excluding carboxylic acids is 1. The Kier molecular flexibility index (Phi) is 6.91. The van der Waals surface area contributed by atoms with Crippen molar-refractivity contribution in [3.63, 3.8) is 0 Å². The number of nitrogens with zero attached hydrogens (tertiary/aromatic N) is 2. The first-order chi connectivity index (χ1) is 11.5. The first-order valence-corrected chi connectivity index (χ1v) is 8.83. The number of rotatable bonds is 7. The monoisotopic (exact) mass is 333 g/mol. The lowest BCUT2D eigenvalue weighted by molar-refractivity contribution is 0.201. The van der Waals surface area contributed by atoms with Gasteiger partial charge in [0.2, 0.25) is 0 Å². The Balaban J connectivity index is 1.61. The second-order valence-electron chi connectivity index (χ2n) is 7.00. The van der Waals surface area contributed by atoms with Gasteiger partial charge in [-0.25, -0.2) is 4.79 Å². The van der Waals surface area contributed by atoms with E-state index in [1.165, 1.54) is 12.0 Å². The second kappa shape index (κ2) is 8.92. The van der Waals surface area contributed by atoms with Crippen molar-refractivity contribution in [3.05, 3.63) is 29.3 Å². The summed E-state index contributed by atoms with van der Waals surface area (Å²) in [7, 11) is 3.97. The van der Waals surface area contributed by atoms with Crippen molar-refractivity contribution in [2.75, 3.05) is 46.9 Å². The average molecular weight is 333 g/mol. The molecular weight excluding hydrogens is 302 g/mol. The van der Waals surface area contributed by atoms with Crippen LogP contribution in [0.5, 0.6) is 5.75 Å². The number of ether oxygens (including phenoxy) is 1. The quantitative estimate of drug-likeness (QED) is 0.780. The molecule has 1 aromatic rings. The van der Waals surface area contributed by atoms with E-state index in [0.717, 1.165) is 37.4 Å². The Hall–Kier alpha value is -1.75. The fourth-order valence-corrected chi connectivity index (χ4v) is 3.11. The van der Waals surface area contributed by atoms with Crippen LogP contribution in [0.3, 0.4) is 0 Å². The zero-order valence-electron chi connectivity index (χ0n) is 15.5. The molecule has 1 aromatic carbocycles. The summed E-state index contributed by atoms with van der Waals surface area (Å²) in [6.07, 6.45) is 1.99. The third-order valence-corrected chi connectivity index (χ3v) is 4.60. The van der Waals surface area contributed by atoms with E-state index in [1.54, 1.807) is 4.90 Å². The minimum absolute atomic E-state index is 0.0102. The maximum atomic E-state index is 12.1. The lowest BCUT2D eigenvalue weighted by Gasteiger charge is -2.20. The standard InChI is InChI=1S/C19H31N3O2/c1-15-6-7-18(16(2)12-15)24-11-5-9-22(4)19(23)20-13-17-8-10-21(3)14-17/h6-7,12,17H,5,8-11,13-14H2,1-4H3,(H,20,23)/t17-/m1/s1. The molecule has 0 aromatic heterocycles. The van der Waals surface area contributed by atoms with Gasteiger partial charge in [-0.05, 0) is 57.8 Å². The number of carbonyl (C=O) groups is 1. The highest BCUT2D eigenvalue weighted by molar-refractivity contribution is 5.73. The number of amides is 2. The molecule has 1 N–H and O–H groups in total. The van der Waals surface area contributed by atoms with E-state index in [9.17, 15) is 4.79 Å². The molecule has 1 atom stereocenters.